The van der Waals surface area contributed by atoms with E-state index in [2.05, 4.69) is 15.5 Å². The molecule has 10 heteroatoms. The number of anilines is 1. The van der Waals surface area contributed by atoms with E-state index in [0.717, 1.165) is 5.56 Å². The first-order chi connectivity index (χ1) is 16.0. The van der Waals surface area contributed by atoms with Crippen LogP contribution in [-0.4, -0.2) is 44.4 Å². The highest BCUT2D eigenvalue weighted by molar-refractivity contribution is 7.12. The largest absolute Gasteiger partial charge is 0.596 e. The summed E-state index contributed by atoms with van der Waals surface area (Å²) in [4.78, 5) is 30.1. The summed E-state index contributed by atoms with van der Waals surface area (Å²) >= 11 is 1.36. The van der Waals surface area contributed by atoms with E-state index < -0.39 is 10.8 Å². The molecule has 4 aromatic rings. The van der Waals surface area contributed by atoms with Gasteiger partial charge in [0, 0.05) is 11.8 Å². The van der Waals surface area contributed by atoms with Gasteiger partial charge in [-0.05, 0) is 43.0 Å². The quantitative estimate of drug-likeness (QED) is 0.224. The summed E-state index contributed by atoms with van der Waals surface area (Å²) in [7, 11) is 0. The number of carbonyl (C=O) groups is 2. The van der Waals surface area contributed by atoms with Crippen molar-refractivity contribution in [2.24, 2.45) is 0 Å². The molecule has 0 aliphatic rings. The zero-order valence-electron chi connectivity index (χ0n) is 18.2. The average Bonchev–Trinajstić information content (AvgIpc) is 3.52. The number of quaternary nitrogens is 1. The molecule has 0 saturated carbocycles. The highest BCUT2D eigenvalue weighted by Crippen LogP contribution is 2.26. The molecule has 1 unspecified atom stereocenters. The Bertz CT molecular complexity index is 1290. The van der Waals surface area contributed by atoms with Gasteiger partial charge in [-0.25, -0.2) is 14.9 Å². The second-order valence-corrected chi connectivity index (χ2v) is 8.24. The topological polar surface area (TPSA) is 109 Å². The van der Waals surface area contributed by atoms with Crippen LogP contribution in [0.25, 0.3) is 16.9 Å². The summed E-state index contributed by atoms with van der Waals surface area (Å²) in [6.45, 7) is 3.61. The Morgan fingerprint density at radius 2 is 2.06 bits per heavy atom. The number of hydrogen-bond donors (Lipinski definition) is 1. The van der Waals surface area contributed by atoms with E-state index in [1.54, 1.807) is 48.0 Å². The first-order valence-corrected chi connectivity index (χ1v) is 11.4. The van der Waals surface area contributed by atoms with Crippen LogP contribution in [0.5, 0.6) is 0 Å². The van der Waals surface area contributed by atoms with Gasteiger partial charge in [-0.15, -0.1) is 11.3 Å². The fraction of sp³-hybridized carbons (Fsp3) is 0.217. The van der Waals surface area contributed by atoms with Crippen LogP contribution in [0.3, 0.4) is 0 Å². The molecule has 170 valence electrons. The monoisotopic (exact) mass is 465 g/mol. The summed E-state index contributed by atoms with van der Waals surface area (Å²) in [5.41, 5.74) is 5.44. The third-order valence-corrected chi connectivity index (χ3v) is 5.90. The number of amides is 1. The van der Waals surface area contributed by atoms with Crippen molar-refractivity contribution in [3.8, 4) is 11.3 Å². The maximum Gasteiger partial charge on any atom is 0.541 e. The van der Waals surface area contributed by atoms with E-state index in [1.165, 1.54) is 17.5 Å². The number of nitrogens with zero attached hydrogens (tertiary/aromatic N) is 4. The fourth-order valence-corrected chi connectivity index (χ4v) is 3.99. The van der Waals surface area contributed by atoms with E-state index in [4.69, 9.17) is 4.74 Å². The van der Waals surface area contributed by atoms with E-state index in [-0.39, 0.29) is 18.9 Å². The number of benzene rings is 1. The Morgan fingerprint density at radius 3 is 2.79 bits per heavy atom. The molecule has 1 aromatic carbocycles. The van der Waals surface area contributed by atoms with Crippen molar-refractivity contribution in [1.29, 1.82) is 0 Å². The number of hydroxylamine groups is 2. The predicted molar refractivity (Wildman–Crippen MR) is 126 cm³/mol. The molecule has 0 bridgehead atoms. The molecular weight excluding hydrogens is 442 g/mol. The van der Waals surface area contributed by atoms with Gasteiger partial charge in [0.1, 0.15) is 6.54 Å². The molecule has 1 atom stereocenters. The van der Waals surface area contributed by atoms with E-state index in [1.807, 2.05) is 24.4 Å². The SMILES string of the molecule is CCCOC(=O)[N+]([O-])(CC)Nc1cccc(-c2ccnc3c(C(=O)c4cccs4)cnn23)c1. The van der Waals surface area contributed by atoms with Gasteiger partial charge in [-0.2, -0.15) is 14.6 Å². The number of aromatic nitrogens is 3. The normalized spacial score (nSPS) is 12.9. The minimum atomic E-state index is -1.34. The first-order valence-electron chi connectivity index (χ1n) is 10.5. The van der Waals surface area contributed by atoms with E-state index in [0.29, 0.717) is 33.9 Å². The number of ketones is 1. The second kappa shape index (κ2) is 9.49. The van der Waals surface area contributed by atoms with Gasteiger partial charge >= 0.3 is 6.09 Å². The van der Waals surface area contributed by atoms with Crippen molar-refractivity contribution in [3.63, 3.8) is 0 Å². The summed E-state index contributed by atoms with van der Waals surface area (Å²) < 4.78 is 5.31. The van der Waals surface area contributed by atoms with Crippen molar-refractivity contribution in [2.75, 3.05) is 18.6 Å². The molecule has 0 aliphatic heterocycles. The molecule has 0 spiro atoms. The number of carbonyl (C=O) groups excluding carboxylic acids is 2. The van der Waals surface area contributed by atoms with E-state index in [9.17, 15) is 14.8 Å². The third kappa shape index (κ3) is 4.49. The molecule has 1 N–H and O–H groups in total. The lowest BCUT2D eigenvalue weighted by atomic mass is 10.1. The molecular formula is C23H23N5O4S. The number of rotatable bonds is 8. The molecule has 0 saturated heterocycles. The van der Waals surface area contributed by atoms with Gasteiger partial charge in [0.15, 0.2) is 5.65 Å². The second-order valence-electron chi connectivity index (χ2n) is 7.29. The van der Waals surface area contributed by atoms with Crippen molar-refractivity contribution in [2.45, 2.75) is 20.3 Å². The fourth-order valence-electron chi connectivity index (χ4n) is 3.31. The number of thiophene rings is 1. The first kappa shape index (κ1) is 22.6. The minimum Gasteiger partial charge on any atom is -0.596 e. The van der Waals surface area contributed by atoms with Crippen LogP contribution in [0.15, 0.2) is 60.2 Å². The number of nitrogens with one attached hydrogen (secondary N) is 1. The Morgan fingerprint density at radius 1 is 1.21 bits per heavy atom. The van der Waals surface area contributed by atoms with Crippen LogP contribution in [-0.2, 0) is 4.74 Å². The number of ether oxygens (including phenoxy) is 1. The minimum absolute atomic E-state index is 0.0420. The average molecular weight is 466 g/mol. The lowest BCUT2D eigenvalue weighted by Crippen LogP contribution is -2.52. The van der Waals surface area contributed by atoms with Crippen LogP contribution in [0.4, 0.5) is 10.5 Å². The Labute approximate surface area is 194 Å². The predicted octanol–water partition coefficient (Wildman–Crippen LogP) is 4.90. The van der Waals surface area contributed by atoms with Gasteiger partial charge in [-0.1, -0.05) is 25.1 Å². The Hall–Kier alpha value is -3.60. The molecule has 9 nitrogen and oxygen atoms in total. The van der Waals surface area contributed by atoms with E-state index >= 15 is 0 Å². The molecule has 0 aliphatic carbocycles. The van der Waals surface area contributed by atoms with Gasteiger partial charge < -0.3 is 9.94 Å². The van der Waals surface area contributed by atoms with Crippen molar-refractivity contribution in [3.05, 3.63) is 75.9 Å². The van der Waals surface area contributed by atoms with Crippen molar-refractivity contribution in [1.82, 2.24) is 14.6 Å². The smallest absolute Gasteiger partial charge is 0.541 e. The van der Waals surface area contributed by atoms with Crippen LogP contribution in [0.1, 0.15) is 35.5 Å². The Balaban J connectivity index is 1.67. The molecule has 3 heterocycles. The maximum atomic E-state index is 13.0. The van der Waals surface area contributed by atoms with Crippen LogP contribution >= 0.6 is 11.3 Å². The lowest BCUT2D eigenvalue weighted by Gasteiger charge is -2.36. The van der Waals surface area contributed by atoms with Gasteiger partial charge in [0.25, 0.3) is 0 Å². The summed E-state index contributed by atoms with van der Waals surface area (Å²) in [6.07, 6.45) is 2.86. The molecule has 0 fully saturated rings. The van der Waals surface area contributed by atoms with Crippen LogP contribution in [0, 0.1) is 5.21 Å². The lowest BCUT2D eigenvalue weighted by molar-refractivity contribution is -0.782. The number of fused-ring (bicyclic) bond motifs is 1. The van der Waals surface area contributed by atoms with Crippen molar-refractivity contribution < 1.29 is 19.1 Å². The summed E-state index contributed by atoms with van der Waals surface area (Å²) in [5, 5.41) is 19.2. The number of hydrogen-bond acceptors (Lipinski definition) is 8. The standard InChI is InChI=1S/C23H23N5O4S/c1-3-12-32-23(30)28(31,4-2)26-17-8-5-7-16(14-17)19-10-11-24-22-18(15-25-27(19)22)21(29)20-9-6-13-33-20/h5-11,13-15,26H,3-4,12H2,1-2H3. The molecule has 1 amide bonds. The van der Waals surface area contributed by atoms with Crippen LogP contribution < -0.4 is 5.43 Å². The molecule has 3 aromatic heterocycles. The third-order valence-electron chi connectivity index (χ3n) is 5.03. The van der Waals surface area contributed by atoms with Gasteiger partial charge in [-0.3, -0.25) is 4.79 Å². The Kier molecular flexibility index (Phi) is 6.50. The zero-order chi connectivity index (χ0) is 23.4. The van der Waals surface area contributed by atoms with Gasteiger partial charge in [0.05, 0.1) is 34.6 Å². The molecule has 0 radical (unpaired) electrons. The maximum absolute atomic E-state index is 13.0. The highest BCUT2D eigenvalue weighted by Gasteiger charge is 2.29. The van der Waals surface area contributed by atoms with Crippen molar-refractivity contribution >= 4 is 34.5 Å². The highest BCUT2D eigenvalue weighted by atomic mass is 32.1. The molecule has 33 heavy (non-hydrogen) atoms. The summed E-state index contributed by atoms with van der Waals surface area (Å²) in [6, 6.07) is 12.4. The van der Waals surface area contributed by atoms with Crippen LogP contribution in [0.2, 0.25) is 0 Å². The summed E-state index contributed by atoms with van der Waals surface area (Å²) in [5.74, 6) is -0.137. The van der Waals surface area contributed by atoms with Gasteiger partial charge in [0.2, 0.25) is 5.78 Å². The molecule has 4 rings (SSSR count). The zero-order valence-corrected chi connectivity index (χ0v) is 19.0.